The van der Waals surface area contributed by atoms with Gasteiger partial charge in [0, 0.05) is 0 Å². The minimum atomic E-state index is -3.20. The van der Waals surface area contributed by atoms with Gasteiger partial charge in [0.1, 0.15) is 5.78 Å². The molecule has 5 heteroatoms. The van der Waals surface area contributed by atoms with Gasteiger partial charge in [-0.15, -0.1) is 0 Å². The van der Waals surface area contributed by atoms with Crippen molar-refractivity contribution in [2.45, 2.75) is 66.0 Å². The molecule has 0 unspecified atom stereocenters. The molecule has 0 rings (SSSR count). The van der Waals surface area contributed by atoms with Gasteiger partial charge in [-0.25, -0.2) is 0 Å². The predicted molar refractivity (Wildman–Crippen MR) is 67.5 cm³/mol. The first-order chi connectivity index (χ1) is 7.17. The van der Waals surface area contributed by atoms with Crippen LogP contribution in [0.2, 0.25) is 0 Å². The third-order valence-electron chi connectivity index (χ3n) is 1.83. The van der Waals surface area contributed by atoms with Crippen molar-refractivity contribution in [2.24, 2.45) is 11.7 Å². The van der Waals surface area contributed by atoms with E-state index < -0.39 is 13.4 Å². The van der Waals surface area contributed by atoms with Gasteiger partial charge in [0.2, 0.25) is 0 Å². The molecule has 0 aromatic heterocycles. The van der Waals surface area contributed by atoms with Crippen molar-refractivity contribution >= 4 is 7.60 Å². The second-order valence-corrected chi connectivity index (χ2v) is 7.21. The smallest absolute Gasteiger partial charge is 0.318 e. The number of hydrogen-bond donors (Lipinski definition) is 1. The Morgan fingerprint density at radius 2 is 1.38 bits per heavy atom. The zero-order valence-corrected chi connectivity index (χ0v) is 12.2. The molecule has 0 spiro atoms. The average Bonchev–Trinajstić information content (AvgIpc) is 1.98. The van der Waals surface area contributed by atoms with E-state index in [0.717, 1.165) is 0 Å². The Bertz CT molecular complexity index is 227. The molecule has 0 aromatic rings. The Morgan fingerprint density at radius 1 is 1.00 bits per heavy atom. The van der Waals surface area contributed by atoms with Crippen LogP contribution >= 0.6 is 7.60 Å². The van der Waals surface area contributed by atoms with Gasteiger partial charge in [0.15, 0.2) is 0 Å². The molecule has 0 amide bonds. The largest absolute Gasteiger partial charge is 0.347 e. The minimum Gasteiger partial charge on any atom is -0.318 e. The first kappa shape index (κ1) is 16.1. The Labute approximate surface area is 99.4 Å². The van der Waals surface area contributed by atoms with E-state index in [0.29, 0.717) is 12.3 Å². The summed E-state index contributed by atoms with van der Waals surface area (Å²) in [4.78, 5) is 0. The lowest BCUT2D eigenvalue weighted by molar-refractivity contribution is 0.135. The van der Waals surface area contributed by atoms with E-state index >= 15 is 0 Å². The molecule has 4 nitrogen and oxygen atoms in total. The Balaban J connectivity index is 4.70. The van der Waals surface area contributed by atoms with E-state index in [2.05, 4.69) is 0 Å². The molecule has 98 valence electrons. The zero-order chi connectivity index (χ0) is 12.9. The third kappa shape index (κ3) is 6.00. The van der Waals surface area contributed by atoms with Crippen LogP contribution in [0, 0.1) is 5.92 Å². The summed E-state index contributed by atoms with van der Waals surface area (Å²) in [6, 6.07) is 0. The molecule has 0 bridgehead atoms. The Morgan fingerprint density at radius 3 is 1.62 bits per heavy atom. The fourth-order valence-corrected chi connectivity index (χ4v) is 3.60. The molecule has 16 heavy (non-hydrogen) atoms. The van der Waals surface area contributed by atoms with Crippen molar-refractivity contribution in [3.63, 3.8) is 0 Å². The maximum absolute atomic E-state index is 12.5. The minimum absolute atomic E-state index is 0.150. The molecule has 0 heterocycles. The first-order valence-electron chi connectivity index (χ1n) is 5.89. The summed E-state index contributed by atoms with van der Waals surface area (Å²) in [5.41, 5.74) is 5.94. The Hall–Kier alpha value is 0.110. The lowest BCUT2D eigenvalue weighted by Crippen LogP contribution is -2.27. The molecular formula is C11H26NO3P. The molecule has 0 aromatic carbocycles. The van der Waals surface area contributed by atoms with Crippen LogP contribution in [-0.2, 0) is 13.6 Å². The maximum Gasteiger partial charge on any atom is 0.347 e. The summed E-state index contributed by atoms with van der Waals surface area (Å²) in [6.45, 7) is 11.4. The highest BCUT2D eigenvalue weighted by Gasteiger charge is 2.35. The highest BCUT2D eigenvalue weighted by atomic mass is 31.2. The molecule has 0 saturated carbocycles. The van der Waals surface area contributed by atoms with Crippen molar-refractivity contribution in [3.05, 3.63) is 0 Å². The van der Waals surface area contributed by atoms with Crippen LogP contribution in [-0.4, -0.2) is 18.0 Å². The molecule has 0 aliphatic rings. The van der Waals surface area contributed by atoms with E-state index in [1.807, 2.05) is 41.5 Å². The zero-order valence-electron chi connectivity index (χ0n) is 11.3. The molecule has 0 fully saturated rings. The monoisotopic (exact) mass is 251 g/mol. The fraction of sp³-hybridized carbons (Fsp3) is 1.00. The van der Waals surface area contributed by atoms with Gasteiger partial charge in [-0.3, -0.25) is 4.57 Å². The molecule has 0 aliphatic heterocycles. The summed E-state index contributed by atoms with van der Waals surface area (Å²) in [6.07, 6.45) is 0.335. The second-order valence-electron chi connectivity index (χ2n) is 5.05. The summed E-state index contributed by atoms with van der Waals surface area (Å²) >= 11 is 0. The van der Waals surface area contributed by atoms with Gasteiger partial charge in [-0.2, -0.15) is 0 Å². The highest BCUT2D eigenvalue weighted by molar-refractivity contribution is 7.54. The van der Waals surface area contributed by atoms with Crippen LogP contribution in [0.3, 0.4) is 0 Å². The van der Waals surface area contributed by atoms with Crippen molar-refractivity contribution in [2.75, 3.05) is 0 Å². The lowest BCUT2D eigenvalue weighted by Gasteiger charge is -2.28. The van der Waals surface area contributed by atoms with Crippen LogP contribution in [0.5, 0.6) is 0 Å². The summed E-state index contributed by atoms with van der Waals surface area (Å²) in [5, 5.41) is 0. The average molecular weight is 251 g/mol. The number of rotatable bonds is 7. The number of hydrogen-bond acceptors (Lipinski definition) is 4. The van der Waals surface area contributed by atoms with Crippen LogP contribution in [0.25, 0.3) is 0 Å². The van der Waals surface area contributed by atoms with E-state index in [1.54, 1.807) is 0 Å². The van der Waals surface area contributed by atoms with E-state index in [4.69, 9.17) is 14.8 Å². The van der Waals surface area contributed by atoms with Gasteiger partial charge < -0.3 is 14.8 Å². The van der Waals surface area contributed by atoms with Gasteiger partial charge in [-0.1, -0.05) is 13.8 Å². The molecular weight excluding hydrogens is 225 g/mol. The predicted octanol–water partition coefficient (Wildman–Crippen LogP) is 3.36. The van der Waals surface area contributed by atoms with Gasteiger partial charge in [0.25, 0.3) is 0 Å². The van der Waals surface area contributed by atoms with Gasteiger partial charge >= 0.3 is 7.60 Å². The van der Waals surface area contributed by atoms with Crippen LogP contribution in [0.4, 0.5) is 0 Å². The summed E-state index contributed by atoms with van der Waals surface area (Å²) in [7, 11) is -3.20. The molecule has 1 atom stereocenters. The maximum atomic E-state index is 12.5. The van der Waals surface area contributed by atoms with Crippen molar-refractivity contribution < 1.29 is 13.6 Å². The molecule has 0 aliphatic carbocycles. The van der Waals surface area contributed by atoms with Crippen molar-refractivity contribution in [1.29, 1.82) is 0 Å². The number of nitrogens with two attached hydrogens (primary N) is 1. The molecule has 2 N–H and O–H groups in total. The first-order valence-corrected chi connectivity index (χ1v) is 7.50. The standard InChI is InChI=1S/C11H26NO3P/c1-8(2)7-11(12)16(13,14-9(3)4)15-10(5)6/h8-11H,7,12H2,1-6H3/t11-/m0/s1. The quantitative estimate of drug-likeness (QED) is 0.705. The van der Waals surface area contributed by atoms with Crippen molar-refractivity contribution in [1.82, 2.24) is 0 Å². The van der Waals surface area contributed by atoms with E-state index in [-0.39, 0.29) is 12.2 Å². The highest BCUT2D eigenvalue weighted by Crippen LogP contribution is 2.54. The van der Waals surface area contributed by atoms with E-state index in [1.165, 1.54) is 0 Å². The van der Waals surface area contributed by atoms with Gasteiger partial charge in [0.05, 0.1) is 12.2 Å². The van der Waals surface area contributed by atoms with E-state index in [9.17, 15) is 4.57 Å². The topological polar surface area (TPSA) is 61.6 Å². The van der Waals surface area contributed by atoms with Crippen LogP contribution in [0.1, 0.15) is 48.0 Å². The fourth-order valence-electron chi connectivity index (χ4n) is 1.38. The summed E-state index contributed by atoms with van der Waals surface area (Å²) < 4.78 is 23.3. The second kappa shape index (κ2) is 6.75. The third-order valence-corrected chi connectivity index (χ3v) is 4.29. The van der Waals surface area contributed by atoms with Crippen molar-refractivity contribution in [3.8, 4) is 0 Å². The van der Waals surface area contributed by atoms with Crippen LogP contribution in [0.15, 0.2) is 0 Å². The normalized spacial score (nSPS) is 15.1. The van der Waals surface area contributed by atoms with Gasteiger partial charge in [-0.05, 0) is 40.0 Å². The SMILES string of the molecule is CC(C)C[C@@H](N)P(=O)(OC(C)C)OC(C)C. The molecule has 0 saturated heterocycles. The lowest BCUT2D eigenvalue weighted by atomic mass is 10.1. The molecule has 0 radical (unpaired) electrons. The Kier molecular flexibility index (Phi) is 6.80. The summed E-state index contributed by atoms with van der Waals surface area (Å²) in [5.74, 6) is -0.174. The van der Waals surface area contributed by atoms with Crippen LogP contribution < -0.4 is 5.73 Å².